The van der Waals surface area contributed by atoms with Gasteiger partial charge >= 0.3 is 5.97 Å². The number of carboxylic acids is 1. The van der Waals surface area contributed by atoms with E-state index in [1.165, 1.54) is 5.56 Å². The molecule has 26 heavy (non-hydrogen) atoms. The maximum absolute atomic E-state index is 12.3. The van der Waals surface area contributed by atoms with E-state index in [0.29, 0.717) is 18.5 Å². The molecule has 6 heteroatoms. The third kappa shape index (κ3) is 5.81. The van der Waals surface area contributed by atoms with Gasteiger partial charge in [-0.05, 0) is 51.8 Å². The van der Waals surface area contributed by atoms with Crippen molar-refractivity contribution in [3.63, 3.8) is 0 Å². The highest BCUT2D eigenvalue weighted by Gasteiger charge is 2.34. The number of likely N-dealkylation sites (N-methyl/N-ethyl adjacent to an activating group) is 1. The van der Waals surface area contributed by atoms with E-state index in [9.17, 15) is 9.59 Å². The summed E-state index contributed by atoms with van der Waals surface area (Å²) in [6.45, 7) is 8.88. The number of hydrogen-bond donors (Lipinski definition) is 3. The van der Waals surface area contributed by atoms with Crippen LogP contribution < -0.4 is 10.6 Å². The fourth-order valence-corrected chi connectivity index (χ4v) is 3.59. The van der Waals surface area contributed by atoms with Gasteiger partial charge in [-0.2, -0.15) is 0 Å². The van der Waals surface area contributed by atoms with E-state index in [1.807, 2.05) is 44.7 Å². The van der Waals surface area contributed by atoms with Gasteiger partial charge in [-0.25, -0.2) is 0 Å². The van der Waals surface area contributed by atoms with Crippen LogP contribution in [0.5, 0.6) is 0 Å². The zero-order valence-corrected chi connectivity index (χ0v) is 16.2. The van der Waals surface area contributed by atoms with Crippen LogP contribution in [-0.2, 0) is 9.59 Å². The molecule has 3 N–H and O–H groups in total. The quantitative estimate of drug-likeness (QED) is 0.630. The normalized spacial score (nSPS) is 20.5. The molecule has 0 heterocycles. The molecule has 1 aliphatic rings. The number of hydrogen-bond acceptors (Lipinski definition) is 4. The van der Waals surface area contributed by atoms with Crippen LogP contribution in [0.4, 0.5) is 5.69 Å². The molecule has 0 bridgehead atoms. The molecule has 1 fully saturated rings. The lowest BCUT2D eigenvalue weighted by Crippen LogP contribution is -2.55. The zero-order valence-electron chi connectivity index (χ0n) is 16.2. The Balaban J connectivity index is 1.73. The molecule has 1 atom stereocenters. The summed E-state index contributed by atoms with van der Waals surface area (Å²) in [5.41, 5.74) is 3.11. The third-order valence-corrected chi connectivity index (χ3v) is 5.04. The zero-order chi connectivity index (χ0) is 19.3. The summed E-state index contributed by atoms with van der Waals surface area (Å²) < 4.78 is 0. The average Bonchev–Trinajstić information content (AvgIpc) is 2.51. The van der Waals surface area contributed by atoms with Crippen molar-refractivity contribution in [2.24, 2.45) is 0 Å². The first-order chi connectivity index (χ1) is 12.3. The standard InChI is InChI=1S/C20H31N3O3/c1-5-23(12-20(25)26)17-10-16(11-17)21-15(4)9-19(24)22-18-7-6-13(2)8-14(18)3/h6-8,15-17,21H,5,9-12H2,1-4H3,(H,22,24)(H,25,26). The molecule has 1 amide bonds. The van der Waals surface area contributed by atoms with Crippen molar-refractivity contribution in [3.05, 3.63) is 29.3 Å². The van der Waals surface area contributed by atoms with Crippen LogP contribution in [0.2, 0.25) is 0 Å². The summed E-state index contributed by atoms with van der Waals surface area (Å²) in [6, 6.07) is 6.76. The molecule has 1 aliphatic carbocycles. The number of nitrogens with zero attached hydrogens (tertiary/aromatic N) is 1. The predicted octanol–water partition coefficient (Wildman–Crippen LogP) is 2.55. The molecular weight excluding hydrogens is 330 g/mol. The molecule has 0 aliphatic heterocycles. The number of carbonyl (C=O) groups is 2. The van der Waals surface area contributed by atoms with E-state index >= 15 is 0 Å². The minimum atomic E-state index is -0.778. The Kier molecular flexibility index (Phi) is 7.17. The number of amides is 1. The van der Waals surface area contributed by atoms with Crippen LogP contribution in [0.15, 0.2) is 18.2 Å². The van der Waals surface area contributed by atoms with E-state index in [1.54, 1.807) is 0 Å². The lowest BCUT2D eigenvalue weighted by atomic mass is 9.84. The summed E-state index contributed by atoms with van der Waals surface area (Å²) in [4.78, 5) is 25.1. The second kappa shape index (κ2) is 9.14. The van der Waals surface area contributed by atoms with Gasteiger partial charge in [0.2, 0.25) is 5.91 Å². The van der Waals surface area contributed by atoms with E-state index in [-0.39, 0.29) is 18.5 Å². The monoisotopic (exact) mass is 361 g/mol. The van der Waals surface area contributed by atoms with Crippen molar-refractivity contribution < 1.29 is 14.7 Å². The molecule has 0 aromatic heterocycles. The number of aryl methyl sites for hydroxylation is 2. The van der Waals surface area contributed by atoms with Gasteiger partial charge in [0.05, 0.1) is 6.54 Å². The van der Waals surface area contributed by atoms with E-state index in [2.05, 4.69) is 16.7 Å². The molecule has 2 rings (SSSR count). The van der Waals surface area contributed by atoms with E-state index < -0.39 is 5.97 Å². The van der Waals surface area contributed by atoms with Crippen LogP contribution in [0.1, 0.15) is 44.2 Å². The second-order valence-electron chi connectivity index (χ2n) is 7.42. The summed E-state index contributed by atoms with van der Waals surface area (Å²) in [5, 5.41) is 15.4. The molecule has 144 valence electrons. The van der Waals surface area contributed by atoms with Gasteiger partial charge in [0.15, 0.2) is 0 Å². The maximum Gasteiger partial charge on any atom is 0.317 e. The van der Waals surface area contributed by atoms with Crippen LogP contribution in [0.3, 0.4) is 0 Å². The molecule has 0 saturated heterocycles. The first-order valence-electron chi connectivity index (χ1n) is 9.37. The first kappa shape index (κ1) is 20.4. The molecule has 1 unspecified atom stereocenters. The minimum absolute atomic E-state index is 0.00823. The highest BCUT2D eigenvalue weighted by molar-refractivity contribution is 5.91. The molecule has 0 radical (unpaired) electrons. The smallest absolute Gasteiger partial charge is 0.317 e. The van der Waals surface area contributed by atoms with Gasteiger partial charge in [0.1, 0.15) is 0 Å². The number of carboxylic acid groups (broad SMARTS) is 1. The average molecular weight is 361 g/mol. The molecule has 1 aromatic rings. The summed E-state index contributed by atoms with van der Waals surface area (Å²) in [6.07, 6.45) is 2.29. The fraction of sp³-hybridized carbons (Fsp3) is 0.600. The molecule has 1 saturated carbocycles. The van der Waals surface area contributed by atoms with Gasteiger partial charge < -0.3 is 15.7 Å². The molecule has 1 aromatic carbocycles. The summed E-state index contributed by atoms with van der Waals surface area (Å²) in [7, 11) is 0. The van der Waals surface area contributed by atoms with Gasteiger partial charge in [0, 0.05) is 30.2 Å². The molecule has 6 nitrogen and oxygen atoms in total. The highest BCUT2D eigenvalue weighted by Crippen LogP contribution is 2.26. The number of anilines is 1. The second-order valence-corrected chi connectivity index (χ2v) is 7.42. The van der Waals surface area contributed by atoms with Crippen molar-refractivity contribution >= 4 is 17.6 Å². The molecule has 0 spiro atoms. The summed E-state index contributed by atoms with van der Waals surface area (Å²) >= 11 is 0. The van der Waals surface area contributed by atoms with Crippen molar-refractivity contribution in [1.29, 1.82) is 0 Å². The van der Waals surface area contributed by atoms with Crippen molar-refractivity contribution in [3.8, 4) is 0 Å². The number of nitrogens with one attached hydrogen (secondary N) is 2. The third-order valence-electron chi connectivity index (χ3n) is 5.04. The van der Waals surface area contributed by atoms with Gasteiger partial charge in [-0.1, -0.05) is 24.6 Å². The number of benzene rings is 1. The largest absolute Gasteiger partial charge is 0.480 e. The van der Waals surface area contributed by atoms with Crippen LogP contribution in [-0.4, -0.2) is 53.1 Å². The SMILES string of the molecule is CCN(CC(=O)O)C1CC(NC(C)CC(=O)Nc2ccc(C)cc2C)C1. The highest BCUT2D eigenvalue weighted by atomic mass is 16.4. The first-order valence-corrected chi connectivity index (χ1v) is 9.37. The molecular formula is C20H31N3O3. The Hall–Kier alpha value is -1.92. The maximum atomic E-state index is 12.3. The Morgan fingerprint density at radius 3 is 2.58 bits per heavy atom. The van der Waals surface area contributed by atoms with Crippen molar-refractivity contribution in [1.82, 2.24) is 10.2 Å². The number of aliphatic carboxylic acids is 1. The van der Waals surface area contributed by atoms with Gasteiger partial charge in [-0.3, -0.25) is 14.5 Å². The Bertz CT molecular complexity index is 641. The van der Waals surface area contributed by atoms with Gasteiger partial charge in [0.25, 0.3) is 0 Å². The van der Waals surface area contributed by atoms with Crippen LogP contribution in [0.25, 0.3) is 0 Å². The van der Waals surface area contributed by atoms with Crippen molar-refractivity contribution in [2.45, 2.75) is 65.1 Å². The Morgan fingerprint density at radius 1 is 1.31 bits per heavy atom. The Morgan fingerprint density at radius 2 is 2.00 bits per heavy atom. The minimum Gasteiger partial charge on any atom is -0.480 e. The Labute approximate surface area is 156 Å². The topological polar surface area (TPSA) is 81.7 Å². The van der Waals surface area contributed by atoms with Crippen LogP contribution >= 0.6 is 0 Å². The summed E-state index contributed by atoms with van der Waals surface area (Å²) in [5.74, 6) is -0.770. The van der Waals surface area contributed by atoms with Crippen molar-refractivity contribution in [2.75, 3.05) is 18.4 Å². The lowest BCUT2D eigenvalue weighted by Gasteiger charge is -2.43. The number of rotatable bonds is 9. The van der Waals surface area contributed by atoms with E-state index in [4.69, 9.17) is 5.11 Å². The lowest BCUT2D eigenvalue weighted by molar-refractivity contribution is -0.139. The predicted molar refractivity (Wildman–Crippen MR) is 103 cm³/mol. The van der Waals surface area contributed by atoms with Gasteiger partial charge in [-0.15, -0.1) is 0 Å². The van der Waals surface area contributed by atoms with Crippen LogP contribution in [0, 0.1) is 13.8 Å². The van der Waals surface area contributed by atoms with E-state index in [0.717, 1.165) is 30.6 Å². The fourth-order valence-electron chi connectivity index (χ4n) is 3.59. The number of carbonyl (C=O) groups excluding carboxylic acids is 1.